The molecule has 0 unspecified atom stereocenters. The van der Waals surface area contributed by atoms with E-state index in [1.165, 1.54) is 0 Å². The van der Waals surface area contributed by atoms with Crippen LogP contribution in [0.25, 0.3) is 0 Å². The normalized spacial score (nSPS) is 17.5. The van der Waals surface area contributed by atoms with Crippen LogP contribution in [0, 0.1) is 0 Å². The maximum Gasteiger partial charge on any atom is 0.134 e. The van der Waals surface area contributed by atoms with Crippen molar-refractivity contribution in [2.75, 3.05) is 44.2 Å². The van der Waals surface area contributed by atoms with Crippen LogP contribution in [-0.4, -0.2) is 59.3 Å². The Balaban J connectivity index is 2.07. The largest absolute Gasteiger partial charge is 0.395 e. The lowest BCUT2D eigenvalue weighted by Crippen LogP contribution is -2.32. The van der Waals surface area contributed by atoms with Gasteiger partial charge in [0.1, 0.15) is 16.8 Å². The predicted molar refractivity (Wildman–Crippen MR) is 76.8 cm³/mol. The van der Waals surface area contributed by atoms with Crippen LogP contribution in [0.3, 0.4) is 0 Å². The van der Waals surface area contributed by atoms with Gasteiger partial charge in [-0.1, -0.05) is 18.5 Å². The van der Waals surface area contributed by atoms with Gasteiger partial charge in [0.2, 0.25) is 0 Å². The fourth-order valence-corrected chi connectivity index (χ4v) is 2.53. The van der Waals surface area contributed by atoms with E-state index >= 15 is 0 Å². The maximum absolute atomic E-state index is 9.00. The third-order valence-electron chi connectivity index (χ3n) is 3.37. The van der Waals surface area contributed by atoms with Crippen molar-refractivity contribution in [1.29, 1.82) is 0 Å². The van der Waals surface area contributed by atoms with Crippen LogP contribution in [0.15, 0.2) is 6.07 Å². The molecule has 0 spiro atoms. The Hall–Kier alpha value is -0.910. The molecule has 19 heavy (non-hydrogen) atoms. The van der Waals surface area contributed by atoms with Crippen LogP contribution in [0.1, 0.15) is 19.2 Å². The number of anilines is 1. The molecule has 1 fully saturated rings. The first-order valence-electron chi connectivity index (χ1n) is 6.84. The van der Waals surface area contributed by atoms with Crippen LogP contribution < -0.4 is 4.90 Å². The highest BCUT2D eigenvalue weighted by Gasteiger charge is 2.16. The summed E-state index contributed by atoms with van der Waals surface area (Å²) < 4.78 is 0. The van der Waals surface area contributed by atoms with Crippen molar-refractivity contribution < 1.29 is 5.11 Å². The Labute approximate surface area is 119 Å². The van der Waals surface area contributed by atoms with E-state index < -0.39 is 0 Å². The first-order valence-corrected chi connectivity index (χ1v) is 7.22. The molecular weight excluding hydrogens is 264 g/mol. The van der Waals surface area contributed by atoms with Crippen LogP contribution >= 0.6 is 11.6 Å². The molecule has 5 nitrogen and oxygen atoms in total. The molecule has 2 heterocycles. The van der Waals surface area contributed by atoms with E-state index in [0.717, 1.165) is 57.2 Å². The van der Waals surface area contributed by atoms with E-state index in [1.54, 1.807) is 0 Å². The van der Waals surface area contributed by atoms with Crippen molar-refractivity contribution in [3.8, 4) is 0 Å². The standard InChI is InChI=1S/C13H21ClN4O/c1-2-12-15-11(14)10-13(16-12)18-5-3-4-17(6-7-18)8-9-19/h10,19H,2-9H2,1H3. The van der Waals surface area contributed by atoms with Gasteiger partial charge in [-0.25, -0.2) is 9.97 Å². The highest BCUT2D eigenvalue weighted by atomic mass is 35.5. The number of aliphatic hydroxyl groups excluding tert-OH is 1. The number of hydrogen-bond acceptors (Lipinski definition) is 5. The molecule has 1 aromatic heterocycles. The second-order valence-corrected chi connectivity index (χ2v) is 5.11. The Morgan fingerprint density at radius 2 is 2.11 bits per heavy atom. The number of halogens is 1. The van der Waals surface area contributed by atoms with Gasteiger partial charge in [-0.3, -0.25) is 4.90 Å². The van der Waals surface area contributed by atoms with Crippen LogP contribution in [0.2, 0.25) is 5.15 Å². The molecule has 2 rings (SSSR count). The zero-order valence-corrected chi connectivity index (χ0v) is 12.1. The monoisotopic (exact) mass is 284 g/mol. The summed E-state index contributed by atoms with van der Waals surface area (Å²) in [6.45, 7) is 6.85. The highest BCUT2D eigenvalue weighted by Crippen LogP contribution is 2.18. The summed E-state index contributed by atoms with van der Waals surface area (Å²) in [7, 11) is 0. The number of aryl methyl sites for hydroxylation is 1. The summed E-state index contributed by atoms with van der Waals surface area (Å²) in [5.41, 5.74) is 0. The summed E-state index contributed by atoms with van der Waals surface area (Å²) in [5, 5.41) is 9.52. The first-order chi connectivity index (χ1) is 9.22. The molecule has 0 aliphatic carbocycles. The number of hydrogen-bond donors (Lipinski definition) is 1. The van der Waals surface area contributed by atoms with Gasteiger partial charge >= 0.3 is 0 Å². The number of rotatable bonds is 4. The van der Waals surface area contributed by atoms with Gasteiger partial charge in [0.05, 0.1) is 6.61 Å². The lowest BCUT2D eigenvalue weighted by molar-refractivity contribution is 0.204. The molecule has 0 amide bonds. The molecule has 0 radical (unpaired) electrons. The van der Waals surface area contributed by atoms with Crippen molar-refractivity contribution in [2.45, 2.75) is 19.8 Å². The third kappa shape index (κ3) is 4.03. The molecule has 1 saturated heterocycles. The van der Waals surface area contributed by atoms with Gasteiger partial charge in [0.25, 0.3) is 0 Å². The van der Waals surface area contributed by atoms with Gasteiger partial charge in [0.15, 0.2) is 0 Å². The molecule has 0 atom stereocenters. The summed E-state index contributed by atoms with van der Waals surface area (Å²) in [4.78, 5) is 13.3. The van der Waals surface area contributed by atoms with Crippen molar-refractivity contribution in [3.05, 3.63) is 17.0 Å². The molecule has 0 bridgehead atoms. The third-order valence-corrected chi connectivity index (χ3v) is 3.57. The number of β-amino-alcohol motifs (C(OH)–C–C–N with tert-alkyl or cyclic N) is 1. The summed E-state index contributed by atoms with van der Waals surface area (Å²) in [6, 6.07) is 1.84. The van der Waals surface area contributed by atoms with Crippen molar-refractivity contribution in [2.24, 2.45) is 0 Å². The zero-order chi connectivity index (χ0) is 13.7. The molecular formula is C13H21ClN4O. The predicted octanol–water partition coefficient (Wildman–Crippen LogP) is 1.20. The molecule has 1 aliphatic rings. The Morgan fingerprint density at radius 3 is 2.84 bits per heavy atom. The molecule has 0 saturated carbocycles. The van der Waals surface area contributed by atoms with Crippen LogP contribution in [-0.2, 0) is 6.42 Å². The van der Waals surface area contributed by atoms with Gasteiger partial charge < -0.3 is 10.0 Å². The summed E-state index contributed by atoms with van der Waals surface area (Å²) in [6.07, 6.45) is 1.86. The maximum atomic E-state index is 9.00. The highest BCUT2D eigenvalue weighted by molar-refractivity contribution is 6.29. The second kappa shape index (κ2) is 7.03. The molecule has 1 aliphatic heterocycles. The number of nitrogens with zero attached hydrogens (tertiary/aromatic N) is 4. The minimum Gasteiger partial charge on any atom is -0.395 e. The molecule has 106 valence electrons. The van der Waals surface area contributed by atoms with Crippen LogP contribution in [0.4, 0.5) is 5.82 Å². The summed E-state index contributed by atoms with van der Waals surface area (Å²) >= 11 is 6.05. The number of aromatic nitrogens is 2. The van der Waals surface area contributed by atoms with Crippen LogP contribution in [0.5, 0.6) is 0 Å². The van der Waals surface area contributed by atoms with Gasteiger partial charge in [0, 0.05) is 38.7 Å². The van der Waals surface area contributed by atoms with E-state index in [4.69, 9.17) is 16.7 Å². The second-order valence-electron chi connectivity index (χ2n) is 4.72. The van der Waals surface area contributed by atoms with Gasteiger partial charge in [-0.15, -0.1) is 0 Å². The topological polar surface area (TPSA) is 52.5 Å². The lowest BCUT2D eigenvalue weighted by Gasteiger charge is -2.22. The zero-order valence-electron chi connectivity index (χ0n) is 11.3. The van der Waals surface area contributed by atoms with Crippen molar-refractivity contribution in [3.63, 3.8) is 0 Å². The average Bonchev–Trinajstić information content (AvgIpc) is 2.64. The number of aliphatic hydroxyl groups is 1. The van der Waals surface area contributed by atoms with Crippen molar-refractivity contribution in [1.82, 2.24) is 14.9 Å². The van der Waals surface area contributed by atoms with Gasteiger partial charge in [-0.05, 0) is 13.0 Å². The molecule has 0 aromatic carbocycles. The fraction of sp³-hybridized carbons (Fsp3) is 0.692. The minimum absolute atomic E-state index is 0.222. The van der Waals surface area contributed by atoms with E-state index in [9.17, 15) is 0 Å². The molecule has 6 heteroatoms. The Morgan fingerprint density at radius 1 is 1.26 bits per heavy atom. The average molecular weight is 285 g/mol. The van der Waals surface area contributed by atoms with E-state index in [1.807, 2.05) is 13.0 Å². The smallest absolute Gasteiger partial charge is 0.134 e. The Kier molecular flexibility index (Phi) is 5.36. The minimum atomic E-state index is 0.222. The quantitative estimate of drug-likeness (QED) is 0.842. The van der Waals surface area contributed by atoms with Crippen molar-refractivity contribution >= 4 is 17.4 Å². The Bertz CT molecular complexity index is 416. The van der Waals surface area contributed by atoms with Gasteiger partial charge in [-0.2, -0.15) is 0 Å². The molecule has 1 aromatic rings. The van der Waals surface area contributed by atoms with E-state index in [0.29, 0.717) is 5.15 Å². The first kappa shape index (κ1) is 14.5. The molecule has 1 N–H and O–H groups in total. The fourth-order valence-electron chi connectivity index (χ4n) is 2.34. The summed E-state index contributed by atoms with van der Waals surface area (Å²) in [5.74, 6) is 1.71. The lowest BCUT2D eigenvalue weighted by atomic mass is 10.3. The SMILES string of the molecule is CCc1nc(Cl)cc(N2CCCN(CCO)CC2)n1. The van der Waals surface area contributed by atoms with E-state index in [-0.39, 0.29) is 6.61 Å². The van der Waals surface area contributed by atoms with E-state index in [2.05, 4.69) is 19.8 Å².